The van der Waals surface area contributed by atoms with E-state index in [1.165, 1.54) is 18.2 Å². The van der Waals surface area contributed by atoms with Crippen LogP contribution in [0.3, 0.4) is 0 Å². The van der Waals surface area contributed by atoms with Crippen LogP contribution in [0.4, 0.5) is 4.39 Å². The zero-order chi connectivity index (χ0) is 16.8. The van der Waals surface area contributed by atoms with Gasteiger partial charge in [0.05, 0.1) is 6.54 Å². The van der Waals surface area contributed by atoms with Crippen LogP contribution in [0.5, 0.6) is 0 Å². The monoisotopic (exact) mass is 316 g/mol. The Morgan fingerprint density at radius 2 is 2.00 bits per heavy atom. The summed E-state index contributed by atoms with van der Waals surface area (Å²) >= 11 is 0. The molecule has 1 aliphatic heterocycles. The summed E-state index contributed by atoms with van der Waals surface area (Å²) < 4.78 is 13.2. The van der Waals surface area contributed by atoms with Crippen LogP contribution in [-0.4, -0.2) is 54.2 Å². The molecule has 1 atom stereocenters. The minimum absolute atomic E-state index is 0.0323. The van der Waals surface area contributed by atoms with Crippen molar-refractivity contribution in [1.82, 2.24) is 9.80 Å². The van der Waals surface area contributed by atoms with Crippen molar-refractivity contribution in [3.63, 3.8) is 0 Å². The largest absolute Gasteiger partial charge is 0.340 e. The Morgan fingerprint density at radius 1 is 1.30 bits per heavy atom. The zero-order valence-corrected chi connectivity index (χ0v) is 13.3. The number of hydrogen-bond donors (Lipinski definition) is 0. The molecule has 4 nitrogen and oxygen atoms in total. The highest BCUT2D eigenvalue weighted by Gasteiger charge is 2.26. The van der Waals surface area contributed by atoms with E-state index in [2.05, 4.69) is 10.8 Å². The Morgan fingerprint density at radius 3 is 2.61 bits per heavy atom. The van der Waals surface area contributed by atoms with Gasteiger partial charge >= 0.3 is 0 Å². The first-order valence-electron chi connectivity index (χ1n) is 7.74. The third-order valence-corrected chi connectivity index (χ3v) is 4.06. The summed E-state index contributed by atoms with van der Waals surface area (Å²) in [7, 11) is 0. The number of rotatable bonds is 5. The minimum Gasteiger partial charge on any atom is -0.340 e. The van der Waals surface area contributed by atoms with E-state index < -0.39 is 11.7 Å². The third-order valence-electron chi connectivity index (χ3n) is 4.06. The second-order valence-corrected chi connectivity index (χ2v) is 5.84. The molecule has 0 radical (unpaired) electrons. The molecule has 1 aromatic carbocycles. The molecule has 0 N–H and O–H groups in total. The highest BCUT2D eigenvalue weighted by molar-refractivity contribution is 5.98. The lowest BCUT2D eigenvalue weighted by molar-refractivity contribution is -0.136. The highest BCUT2D eigenvalue weighted by atomic mass is 19.1. The summed E-state index contributed by atoms with van der Waals surface area (Å²) in [6, 6.07) is 5.57. The van der Waals surface area contributed by atoms with Crippen molar-refractivity contribution in [3.8, 4) is 12.3 Å². The summed E-state index contributed by atoms with van der Waals surface area (Å²) in [4.78, 5) is 28.5. The van der Waals surface area contributed by atoms with Crippen LogP contribution in [0, 0.1) is 24.1 Å². The lowest BCUT2D eigenvalue weighted by Crippen LogP contribution is -2.50. The van der Waals surface area contributed by atoms with Crippen LogP contribution in [0.25, 0.3) is 0 Å². The topological polar surface area (TPSA) is 40.6 Å². The van der Waals surface area contributed by atoms with Gasteiger partial charge in [0.2, 0.25) is 5.91 Å². The SMILES string of the molecule is C#CCN1CCN(C(=O)[C@@H](C)CC(=O)c2cccc(F)c2)CC1. The Kier molecular flexibility index (Phi) is 5.89. The molecule has 0 aromatic heterocycles. The van der Waals surface area contributed by atoms with Crippen molar-refractivity contribution in [1.29, 1.82) is 0 Å². The molecule has 1 aromatic rings. The van der Waals surface area contributed by atoms with Gasteiger partial charge in [-0.2, -0.15) is 0 Å². The van der Waals surface area contributed by atoms with Gasteiger partial charge in [0, 0.05) is 44.1 Å². The number of piperazine rings is 1. The predicted molar refractivity (Wildman–Crippen MR) is 86.4 cm³/mol. The molecule has 1 aliphatic rings. The normalized spacial score (nSPS) is 16.7. The van der Waals surface area contributed by atoms with E-state index in [9.17, 15) is 14.0 Å². The van der Waals surface area contributed by atoms with Gasteiger partial charge in [-0.25, -0.2) is 4.39 Å². The van der Waals surface area contributed by atoms with Gasteiger partial charge in [-0.3, -0.25) is 14.5 Å². The Hall–Kier alpha value is -2.19. The number of benzene rings is 1. The van der Waals surface area contributed by atoms with Crippen molar-refractivity contribution >= 4 is 11.7 Å². The Bertz CT molecular complexity index is 616. The van der Waals surface area contributed by atoms with Gasteiger partial charge in [0.15, 0.2) is 5.78 Å². The van der Waals surface area contributed by atoms with Crippen molar-refractivity contribution in [2.24, 2.45) is 5.92 Å². The van der Waals surface area contributed by atoms with Gasteiger partial charge in [0.25, 0.3) is 0 Å². The van der Waals surface area contributed by atoms with E-state index in [4.69, 9.17) is 6.42 Å². The molecule has 0 aliphatic carbocycles. The molecule has 1 fully saturated rings. The number of ketones is 1. The van der Waals surface area contributed by atoms with Gasteiger partial charge in [-0.05, 0) is 12.1 Å². The van der Waals surface area contributed by atoms with E-state index in [0.717, 1.165) is 13.1 Å². The van der Waals surface area contributed by atoms with E-state index in [1.807, 2.05) is 0 Å². The van der Waals surface area contributed by atoms with E-state index in [0.29, 0.717) is 25.2 Å². The number of halogens is 1. The number of nitrogens with zero attached hydrogens (tertiary/aromatic N) is 2. The zero-order valence-electron chi connectivity index (χ0n) is 13.3. The van der Waals surface area contributed by atoms with Crippen LogP contribution >= 0.6 is 0 Å². The smallest absolute Gasteiger partial charge is 0.225 e. The van der Waals surface area contributed by atoms with Crippen LogP contribution in [0.15, 0.2) is 24.3 Å². The molecule has 122 valence electrons. The number of carbonyl (C=O) groups excluding carboxylic acids is 2. The summed E-state index contributed by atoms with van der Waals surface area (Å²) in [5, 5.41) is 0. The van der Waals surface area contributed by atoms with Gasteiger partial charge < -0.3 is 4.90 Å². The number of hydrogen-bond acceptors (Lipinski definition) is 3. The Labute approximate surface area is 136 Å². The summed E-state index contributed by atoms with van der Waals surface area (Å²) in [5.41, 5.74) is 0.309. The molecule has 0 unspecified atom stereocenters. The van der Waals surface area contributed by atoms with Crippen LogP contribution in [-0.2, 0) is 4.79 Å². The summed E-state index contributed by atoms with van der Waals surface area (Å²) in [6.45, 7) is 5.09. The standard InChI is InChI=1S/C18H21FN2O2/c1-3-7-20-8-10-21(11-9-20)18(23)14(2)12-17(22)15-5-4-6-16(19)13-15/h1,4-6,13-14H,7-12H2,2H3/t14-/m0/s1. The first-order valence-corrected chi connectivity index (χ1v) is 7.74. The van der Waals surface area contributed by atoms with Gasteiger partial charge in [-0.15, -0.1) is 6.42 Å². The lowest BCUT2D eigenvalue weighted by Gasteiger charge is -2.35. The molecular weight excluding hydrogens is 295 g/mol. The summed E-state index contributed by atoms with van der Waals surface area (Å²) in [5.74, 6) is 1.50. The number of carbonyl (C=O) groups is 2. The second-order valence-electron chi connectivity index (χ2n) is 5.84. The maximum absolute atomic E-state index is 13.2. The fourth-order valence-electron chi connectivity index (χ4n) is 2.71. The first kappa shape index (κ1) is 17.2. The molecule has 1 amide bonds. The fraction of sp³-hybridized carbons (Fsp3) is 0.444. The van der Waals surface area contributed by atoms with Crippen LogP contribution in [0.2, 0.25) is 0 Å². The van der Waals surface area contributed by atoms with Crippen molar-refractivity contribution in [3.05, 3.63) is 35.6 Å². The molecule has 0 spiro atoms. The third kappa shape index (κ3) is 4.64. The Balaban J connectivity index is 1.88. The number of Topliss-reactive ketones (excluding diaryl/α,β-unsaturated/α-hetero) is 1. The number of amides is 1. The highest BCUT2D eigenvalue weighted by Crippen LogP contribution is 2.15. The molecule has 2 rings (SSSR count). The molecule has 0 bridgehead atoms. The van der Waals surface area contributed by atoms with Crippen molar-refractivity contribution in [2.45, 2.75) is 13.3 Å². The predicted octanol–water partition coefficient (Wildman–Crippen LogP) is 1.81. The van der Waals surface area contributed by atoms with Crippen LogP contribution < -0.4 is 0 Å². The molecule has 0 saturated carbocycles. The molecule has 23 heavy (non-hydrogen) atoms. The second kappa shape index (κ2) is 7.89. The summed E-state index contributed by atoms with van der Waals surface area (Å²) in [6.07, 6.45) is 5.38. The number of terminal acetylenes is 1. The molecule has 1 saturated heterocycles. The first-order chi connectivity index (χ1) is 11.0. The van der Waals surface area contributed by atoms with E-state index in [1.54, 1.807) is 17.9 Å². The van der Waals surface area contributed by atoms with Crippen molar-refractivity contribution in [2.75, 3.05) is 32.7 Å². The van der Waals surface area contributed by atoms with Gasteiger partial charge in [-0.1, -0.05) is 25.0 Å². The van der Waals surface area contributed by atoms with E-state index >= 15 is 0 Å². The molecular formula is C18H21FN2O2. The minimum atomic E-state index is -0.445. The molecule has 1 heterocycles. The quantitative estimate of drug-likeness (QED) is 0.614. The fourth-order valence-corrected chi connectivity index (χ4v) is 2.71. The maximum Gasteiger partial charge on any atom is 0.225 e. The van der Waals surface area contributed by atoms with Crippen LogP contribution in [0.1, 0.15) is 23.7 Å². The van der Waals surface area contributed by atoms with Crippen molar-refractivity contribution < 1.29 is 14.0 Å². The molecule has 5 heteroatoms. The van der Waals surface area contributed by atoms with E-state index in [-0.39, 0.29) is 18.1 Å². The lowest BCUT2D eigenvalue weighted by atomic mass is 9.98. The van der Waals surface area contributed by atoms with Gasteiger partial charge in [0.1, 0.15) is 5.82 Å². The average Bonchev–Trinajstić information content (AvgIpc) is 2.55. The average molecular weight is 316 g/mol. The maximum atomic E-state index is 13.2.